The zero-order valence-corrected chi connectivity index (χ0v) is 24.9. The maximum atomic E-state index is 14.2. The number of nitrogens with one attached hydrogen (secondary N) is 1. The number of benzene rings is 2. The second-order valence-electron chi connectivity index (χ2n) is 10.5. The first-order valence-electron chi connectivity index (χ1n) is 13.3. The molecule has 1 aliphatic rings. The van der Waals surface area contributed by atoms with Crippen LogP contribution in [-0.2, 0) is 29.6 Å². The molecule has 1 unspecified atom stereocenters. The van der Waals surface area contributed by atoms with Crippen LogP contribution < -0.4 is 4.90 Å². The van der Waals surface area contributed by atoms with E-state index < -0.39 is 41.8 Å². The number of carbonyl (C=O) groups excluding carboxylic acids is 3. The number of fused-ring (bicyclic) bond motifs is 1. The Balaban J connectivity index is 1.77. The highest BCUT2D eigenvalue weighted by atomic mass is 79.9. The number of carboxylic acid groups (broad SMARTS) is 1. The Labute approximate surface area is 246 Å². The summed E-state index contributed by atoms with van der Waals surface area (Å²) in [5.41, 5.74) is 0.870. The van der Waals surface area contributed by atoms with Crippen LogP contribution in [0, 0.1) is 5.92 Å². The number of oxime groups is 1. The molecule has 0 radical (unpaired) electrons. The van der Waals surface area contributed by atoms with Crippen molar-refractivity contribution in [1.29, 1.82) is 0 Å². The lowest BCUT2D eigenvalue weighted by atomic mass is 9.83. The van der Waals surface area contributed by atoms with Crippen molar-refractivity contribution in [2.75, 3.05) is 17.3 Å². The number of aromatic nitrogens is 1. The van der Waals surface area contributed by atoms with Crippen LogP contribution in [0.15, 0.2) is 65.9 Å². The van der Waals surface area contributed by atoms with Crippen molar-refractivity contribution < 1.29 is 29.1 Å². The van der Waals surface area contributed by atoms with Gasteiger partial charge in [0.05, 0.1) is 29.2 Å². The number of aliphatic carboxylic acids is 1. The predicted molar refractivity (Wildman–Crippen MR) is 159 cm³/mol. The molecule has 3 atom stereocenters. The number of hydrogen-bond acceptors (Lipinski definition) is 6. The van der Waals surface area contributed by atoms with Crippen LogP contribution in [-0.4, -0.2) is 68.7 Å². The fourth-order valence-electron chi connectivity index (χ4n) is 5.47. The summed E-state index contributed by atoms with van der Waals surface area (Å²) >= 11 is 3.10. The van der Waals surface area contributed by atoms with E-state index in [1.807, 2.05) is 38.1 Å². The Morgan fingerprint density at radius 2 is 1.76 bits per heavy atom. The Morgan fingerprint density at radius 3 is 2.37 bits per heavy atom. The van der Waals surface area contributed by atoms with Crippen LogP contribution >= 0.6 is 15.9 Å². The lowest BCUT2D eigenvalue weighted by Crippen LogP contribution is -2.54. The second kappa shape index (κ2) is 12.3. The van der Waals surface area contributed by atoms with Gasteiger partial charge in [-0.1, -0.05) is 83.5 Å². The molecule has 2 amide bonds. The van der Waals surface area contributed by atoms with Gasteiger partial charge in [0.1, 0.15) is 6.04 Å². The minimum absolute atomic E-state index is 0.00252. The largest absolute Gasteiger partial charge is 0.481 e. The number of alkyl halides is 1. The van der Waals surface area contributed by atoms with E-state index in [1.165, 1.54) is 14.0 Å². The van der Waals surface area contributed by atoms with Gasteiger partial charge >= 0.3 is 5.97 Å². The van der Waals surface area contributed by atoms with E-state index in [1.54, 1.807) is 41.4 Å². The normalized spacial score (nSPS) is 18.0. The van der Waals surface area contributed by atoms with Gasteiger partial charge in [-0.05, 0) is 12.0 Å². The number of ketones is 1. The fraction of sp³-hybridized carbons (Fsp3) is 0.367. The van der Waals surface area contributed by atoms with E-state index in [9.17, 15) is 24.3 Å². The van der Waals surface area contributed by atoms with Gasteiger partial charge in [0.2, 0.25) is 11.5 Å². The molecule has 4 rings (SSSR count). The molecule has 0 aliphatic carbocycles. The van der Waals surface area contributed by atoms with Gasteiger partial charge in [-0.25, -0.2) is 0 Å². The third-order valence-corrected chi connectivity index (χ3v) is 7.96. The first kappa shape index (κ1) is 30.0. The number of halogens is 1. The minimum atomic E-state index is -1.66. The van der Waals surface area contributed by atoms with Gasteiger partial charge in [0, 0.05) is 43.1 Å². The van der Waals surface area contributed by atoms with Crippen molar-refractivity contribution >= 4 is 61.8 Å². The highest BCUT2D eigenvalue weighted by molar-refractivity contribution is 9.09. The van der Waals surface area contributed by atoms with Crippen molar-refractivity contribution in [3.8, 4) is 0 Å². The number of aromatic amines is 1. The average Bonchev–Trinajstić information content (AvgIpc) is 3.59. The number of amides is 2. The molecular weight excluding hydrogens is 592 g/mol. The second-order valence-corrected chi connectivity index (χ2v) is 11.0. The van der Waals surface area contributed by atoms with Crippen molar-refractivity contribution in [1.82, 2.24) is 9.88 Å². The summed E-state index contributed by atoms with van der Waals surface area (Å²) < 4.78 is 0. The molecule has 0 saturated heterocycles. The summed E-state index contributed by atoms with van der Waals surface area (Å²) in [6.45, 7) is 5.41. The van der Waals surface area contributed by atoms with E-state index in [0.29, 0.717) is 17.0 Å². The number of anilines is 1. The molecule has 41 heavy (non-hydrogen) atoms. The topological polar surface area (TPSA) is 132 Å². The molecule has 1 aliphatic heterocycles. The third-order valence-electron chi connectivity index (χ3n) is 7.41. The van der Waals surface area contributed by atoms with Crippen molar-refractivity contribution in [3.63, 3.8) is 0 Å². The van der Waals surface area contributed by atoms with E-state index in [0.717, 1.165) is 15.8 Å². The molecule has 3 aromatic rings. The van der Waals surface area contributed by atoms with Gasteiger partial charge in [0.15, 0.2) is 5.78 Å². The summed E-state index contributed by atoms with van der Waals surface area (Å²) in [4.78, 5) is 63.8. The SMILES string of the molecule is CC(=O)N(c1c[nH]c2ccccc12)[C@H](C1=NOC(C(=O)N(C)[C@@H](CC(=O)O)C(=O)CBr)(c2ccccc2)C1)C(C)C. The number of H-pyrrole nitrogens is 1. The summed E-state index contributed by atoms with van der Waals surface area (Å²) in [6.07, 6.45) is 1.22. The Kier molecular flexibility index (Phi) is 8.96. The fourth-order valence-corrected chi connectivity index (χ4v) is 5.84. The van der Waals surface area contributed by atoms with Gasteiger partial charge in [0.25, 0.3) is 5.91 Å². The predicted octanol–water partition coefficient (Wildman–Crippen LogP) is 4.48. The molecule has 11 heteroatoms. The number of carboxylic acids is 1. The molecule has 2 N–H and O–H groups in total. The Bertz CT molecular complexity index is 1490. The summed E-state index contributed by atoms with van der Waals surface area (Å²) in [5, 5.41) is 14.6. The maximum absolute atomic E-state index is 14.2. The van der Waals surface area contributed by atoms with Gasteiger partial charge in [-0.2, -0.15) is 0 Å². The zero-order chi connectivity index (χ0) is 29.9. The quantitative estimate of drug-likeness (QED) is 0.302. The summed E-state index contributed by atoms with van der Waals surface area (Å²) in [6, 6.07) is 14.7. The molecule has 2 heterocycles. The van der Waals surface area contributed by atoms with Crippen molar-refractivity contribution in [2.45, 2.75) is 51.3 Å². The van der Waals surface area contributed by atoms with Gasteiger partial charge < -0.3 is 24.7 Å². The standard InChI is InChI=1S/C30H33BrN4O6/c1-18(2)28(35(19(3)36)25-17-32-22-13-9-8-12-21(22)25)23-15-30(41-33-23,20-10-6-5-7-11-20)29(40)34(4)24(14-27(38)39)26(37)16-31/h5-13,17-18,24,28,32H,14-16H2,1-4H3,(H,38,39)/t24-,28-,30?/m0/s1. The van der Waals surface area contributed by atoms with E-state index in [4.69, 9.17) is 4.84 Å². The number of para-hydroxylation sites is 1. The van der Waals surface area contributed by atoms with E-state index >= 15 is 0 Å². The smallest absolute Gasteiger partial charge is 0.305 e. The molecule has 216 valence electrons. The molecule has 1 aromatic heterocycles. The first-order valence-corrected chi connectivity index (χ1v) is 14.4. The van der Waals surface area contributed by atoms with Crippen molar-refractivity contribution in [2.24, 2.45) is 11.1 Å². The highest BCUT2D eigenvalue weighted by Crippen LogP contribution is 2.41. The van der Waals surface area contributed by atoms with Gasteiger partial charge in [-0.3, -0.25) is 19.2 Å². The lowest BCUT2D eigenvalue weighted by Gasteiger charge is -2.36. The number of hydrogen-bond donors (Lipinski definition) is 2. The number of Topliss-reactive ketones (excluding diaryl/α,β-unsaturated/α-hetero) is 1. The van der Waals surface area contributed by atoms with Crippen LogP contribution in [0.2, 0.25) is 0 Å². The molecular formula is C30H33BrN4O6. The van der Waals surface area contributed by atoms with Crippen LogP contribution in [0.1, 0.15) is 39.2 Å². The molecule has 0 fully saturated rings. The Hall–Kier alpha value is -3.99. The third kappa shape index (κ3) is 5.76. The first-order chi connectivity index (χ1) is 19.5. The van der Waals surface area contributed by atoms with Gasteiger partial charge in [-0.15, -0.1) is 0 Å². The minimum Gasteiger partial charge on any atom is -0.481 e. The zero-order valence-electron chi connectivity index (χ0n) is 23.3. The van der Waals surface area contributed by atoms with Crippen LogP contribution in [0.25, 0.3) is 10.9 Å². The molecule has 0 bridgehead atoms. The average molecular weight is 626 g/mol. The van der Waals surface area contributed by atoms with E-state index in [2.05, 4.69) is 26.1 Å². The number of nitrogens with zero attached hydrogens (tertiary/aromatic N) is 3. The number of rotatable bonds is 11. The summed E-state index contributed by atoms with van der Waals surface area (Å²) in [7, 11) is 1.40. The van der Waals surface area contributed by atoms with Crippen LogP contribution in [0.4, 0.5) is 5.69 Å². The number of likely N-dealkylation sites (N-methyl/N-ethyl adjacent to an activating group) is 1. The maximum Gasteiger partial charge on any atom is 0.305 e. The number of carbonyl (C=O) groups is 4. The van der Waals surface area contributed by atoms with Crippen molar-refractivity contribution in [3.05, 3.63) is 66.4 Å². The molecule has 10 nitrogen and oxygen atoms in total. The molecule has 0 saturated carbocycles. The van der Waals surface area contributed by atoms with Crippen LogP contribution in [0.3, 0.4) is 0 Å². The Morgan fingerprint density at radius 1 is 1.10 bits per heavy atom. The highest BCUT2D eigenvalue weighted by Gasteiger charge is 2.53. The molecule has 2 aromatic carbocycles. The van der Waals surface area contributed by atoms with E-state index in [-0.39, 0.29) is 23.6 Å². The summed E-state index contributed by atoms with van der Waals surface area (Å²) in [5.74, 6) is -2.59. The monoisotopic (exact) mass is 624 g/mol. The van der Waals surface area contributed by atoms with Crippen LogP contribution in [0.5, 0.6) is 0 Å². The lowest BCUT2D eigenvalue weighted by molar-refractivity contribution is -0.160. The molecule has 0 spiro atoms.